The monoisotopic (exact) mass is 361 g/mol. The quantitative estimate of drug-likeness (QED) is 0.741. The summed E-state index contributed by atoms with van der Waals surface area (Å²) in [5.41, 5.74) is 0.823. The lowest BCUT2D eigenvalue weighted by Gasteiger charge is -2.38. The van der Waals surface area contributed by atoms with E-state index in [9.17, 15) is 13.2 Å². The number of sulfone groups is 1. The van der Waals surface area contributed by atoms with E-state index in [2.05, 4.69) is 10.2 Å². The number of carbonyl (C=O) groups is 1. The summed E-state index contributed by atoms with van der Waals surface area (Å²) in [7, 11) is -3.36. The van der Waals surface area contributed by atoms with Gasteiger partial charge in [-0.3, -0.25) is 9.89 Å². The maximum absolute atomic E-state index is 12.4. The Hall–Kier alpha value is -2.81. The molecule has 1 fully saturated rings. The van der Waals surface area contributed by atoms with Gasteiger partial charge in [-0.05, 0) is 24.3 Å². The van der Waals surface area contributed by atoms with Crippen molar-refractivity contribution >= 4 is 15.7 Å². The maximum Gasteiger partial charge on any atom is 0.274 e. The molecule has 3 aromatic heterocycles. The highest BCUT2D eigenvalue weighted by molar-refractivity contribution is 7.91. The molecule has 1 saturated heterocycles. The van der Waals surface area contributed by atoms with Gasteiger partial charge in [-0.2, -0.15) is 5.10 Å². The zero-order chi connectivity index (χ0) is 17.4. The second-order valence-electron chi connectivity index (χ2n) is 5.86. The average molecular weight is 361 g/mol. The van der Waals surface area contributed by atoms with Gasteiger partial charge in [0.15, 0.2) is 21.3 Å². The molecular weight excluding hydrogens is 346 g/mol. The molecule has 0 bridgehead atoms. The fourth-order valence-corrected chi connectivity index (χ4v) is 4.30. The van der Waals surface area contributed by atoms with E-state index in [4.69, 9.17) is 8.83 Å². The van der Waals surface area contributed by atoms with Gasteiger partial charge in [0.1, 0.15) is 17.2 Å². The van der Waals surface area contributed by atoms with Crippen molar-refractivity contribution in [1.29, 1.82) is 0 Å². The molecule has 130 valence electrons. The van der Waals surface area contributed by atoms with Crippen LogP contribution in [0.4, 0.5) is 0 Å². The summed E-state index contributed by atoms with van der Waals surface area (Å²) < 4.78 is 35.0. The van der Waals surface area contributed by atoms with Gasteiger partial charge < -0.3 is 13.7 Å². The van der Waals surface area contributed by atoms with Gasteiger partial charge in [-0.25, -0.2) is 8.42 Å². The molecule has 9 heteroatoms. The van der Waals surface area contributed by atoms with Crippen LogP contribution in [-0.4, -0.2) is 47.8 Å². The molecule has 1 aliphatic heterocycles. The number of amides is 1. The van der Waals surface area contributed by atoms with E-state index < -0.39 is 15.1 Å². The smallest absolute Gasteiger partial charge is 0.274 e. The number of carbonyl (C=O) groups excluding carboxylic acids is 1. The molecule has 25 heavy (non-hydrogen) atoms. The number of likely N-dealkylation sites (tertiary alicyclic amines) is 1. The zero-order valence-corrected chi connectivity index (χ0v) is 13.9. The Morgan fingerprint density at radius 1 is 1.24 bits per heavy atom. The summed E-state index contributed by atoms with van der Waals surface area (Å²) in [5, 5.41) is 6.15. The van der Waals surface area contributed by atoms with Gasteiger partial charge in [0.25, 0.3) is 5.91 Å². The van der Waals surface area contributed by atoms with E-state index >= 15 is 0 Å². The van der Waals surface area contributed by atoms with E-state index in [0.717, 1.165) is 0 Å². The molecule has 1 N–H and O–H groups in total. The first-order valence-electron chi connectivity index (χ1n) is 7.65. The molecule has 4 heterocycles. The highest BCUT2D eigenvalue weighted by atomic mass is 32.2. The highest BCUT2D eigenvalue weighted by Crippen LogP contribution is 2.24. The van der Waals surface area contributed by atoms with Crippen molar-refractivity contribution in [2.75, 3.05) is 13.1 Å². The van der Waals surface area contributed by atoms with Crippen LogP contribution in [0.3, 0.4) is 0 Å². The largest absolute Gasteiger partial charge is 0.468 e. The Bertz CT molecular complexity index is 967. The van der Waals surface area contributed by atoms with Crippen molar-refractivity contribution in [3.05, 3.63) is 54.3 Å². The minimum Gasteiger partial charge on any atom is -0.468 e. The lowest BCUT2D eigenvalue weighted by molar-refractivity contribution is 0.0652. The van der Waals surface area contributed by atoms with Gasteiger partial charge in [-0.15, -0.1) is 0 Å². The molecule has 0 spiro atoms. The number of furan rings is 2. The molecule has 0 unspecified atom stereocenters. The molecular formula is C16H15N3O5S. The minimum absolute atomic E-state index is 0.155. The Kier molecular flexibility index (Phi) is 3.72. The van der Waals surface area contributed by atoms with E-state index in [1.807, 2.05) is 0 Å². The van der Waals surface area contributed by atoms with Gasteiger partial charge in [-0.1, -0.05) is 0 Å². The van der Waals surface area contributed by atoms with E-state index in [1.165, 1.54) is 17.4 Å². The predicted molar refractivity (Wildman–Crippen MR) is 87.3 cm³/mol. The van der Waals surface area contributed by atoms with Crippen molar-refractivity contribution in [3.8, 4) is 11.5 Å². The SMILES string of the molecule is O=C(c1cc(-c2ccco2)[nH]n1)N1CC(S(=O)(=O)Cc2ccco2)C1. The van der Waals surface area contributed by atoms with E-state index in [-0.39, 0.29) is 30.4 Å². The van der Waals surface area contributed by atoms with E-state index in [0.29, 0.717) is 17.2 Å². The molecule has 0 atom stereocenters. The first-order valence-corrected chi connectivity index (χ1v) is 9.37. The van der Waals surface area contributed by atoms with Crippen molar-refractivity contribution in [3.63, 3.8) is 0 Å². The number of aromatic amines is 1. The number of hydrogen-bond acceptors (Lipinski definition) is 6. The Morgan fingerprint density at radius 2 is 2.00 bits per heavy atom. The molecule has 8 nitrogen and oxygen atoms in total. The molecule has 4 rings (SSSR count). The minimum atomic E-state index is -3.36. The molecule has 0 aliphatic carbocycles. The highest BCUT2D eigenvalue weighted by Gasteiger charge is 2.40. The summed E-state index contributed by atoms with van der Waals surface area (Å²) in [6.45, 7) is 0.315. The second kappa shape index (κ2) is 5.92. The lowest BCUT2D eigenvalue weighted by Crippen LogP contribution is -2.57. The maximum atomic E-state index is 12.4. The van der Waals surface area contributed by atoms with Crippen LogP contribution in [0, 0.1) is 0 Å². The van der Waals surface area contributed by atoms with Gasteiger partial charge in [0, 0.05) is 19.2 Å². The number of H-pyrrole nitrogens is 1. The first kappa shape index (κ1) is 15.7. The van der Waals surface area contributed by atoms with E-state index in [1.54, 1.807) is 30.3 Å². The van der Waals surface area contributed by atoms with Crippen LogP contribution >= 0.6 is 0 Å². The fraction of sp³-hybridized carbons (Fsp3) is 0.250. The molecule has 1 amide bonds. The third kappa shape index (κ3) is 2.98. The van der Waals surface area contributed by atoms with Crippen molar-refractivity contribution in [2.45, 2.75) is 11.0 Å². The third-order valence-corrected chi connectivity index (χ3v) is 6.15. The van der Waals surface area contributed by atoms with Gasteiger partial charge in [0.2, 0.25) is 0 Å². The normalized spacial score (nSPS) is 15.3. The van der Waals surface area contributed by atoms with Crippen LogP contribution in [0.5, 0.6) is 0 Å². The van der Waals surface area contributed by atoms with Crippen molar-refractivity contribution in [1.82, 2.24) is 15.1 Å². The van der Waals surface area contributed by atoms with Crippen LogP contribution < -0.4 is 0 Å². The average Bonchev–Trinajstić information content (AvgIpc) is 3.27. The van der Waals surface area contributed by atoms with Crippen LogP contribution in [0.15, 0.2) is 51.7 Å². The number of aromatic nitrogens is 2. The predicted octanol–water partition coefficient (Wildman–Crippen LogP) is 1.70. The Morgan fingerprint density at radius 3 is 2.68 bits per heavy atom. The number of rotatable bonds is 5. The summed E-state index contributed by atoms with van der Waals surface area (Å²) in [6, 6.07) is 8.35. The number of nitrogens with one attached hydrogen (secondary N) is 1. The zero-order valence-electron chi connectivity index (χ0n) is 13.1. The van der Waals surface area contributed by atoms with Crippen LogP contribution in [0.2, 0.25) is 0 Å². The first-order chi connectivity index (χ1) is 12.0. The fourth-order valence-electron chi connectivity index (χ4n) is 2.69. The van der Waals surface area contributed by atoms with Crippen LogP contribution in [0.1, 0.15) is 16.2 Å². The summed E-state index contributed by atoms with van der Waals surface area (Å²) in [4.78, 5) is 13.9. The second-order valence-corrected chi connectivity index (χ2v) is 8.14. The van der Waals surface area contributed by atoms with Gasteiger partial charge >= 0.3 is 0 Å². The topological polar surface area (TPSA) is 109 Å². The van der Waals surface area contributed by atoms with Gasteiger partial charge in [0.05, 0.1) is 17.8 Å². The number of hydrogen-bond donors (Lipinski definition) is 1. The molecule has 3 aromatic rings. The Balaban J connectivity index is 1.39. The lowest BCUT2D eigenvalue weighted by atomic mass is 10.2. The standard InChI is InChI=1S/C16H15N3O5S/c20-16(14-7-13(17-18-14)15-4-2-6-24-15)19-8-12(9-19)25(21,22)10-11-3-1-5-23-11/h1-7,12H,8-10H2,(H,17,18). The van der Waals surface area contributed by atoms with Crippen LogP contribution in [-0.2, 0) is 15.6 Å². The van der Waals surface area contributed by atoms with Crippen molar-refractivity contribution in [2.24, 2.45) is 0 Å². The summed E-state index contributed by atoms with van der Waals surface area (Å²) in [6.07, 6.45) is 2.97. The third-order valence-electron chi connectivity index (χ3n) is 4.15. The number of nitrogens with zero attached hydrogens (tertiary/aromatic N) is 2. The van der Waals surface area contributed by atoms with Crippen molar-refractivity contribution < 1.29 is 22.0 Å². The summed E-state index contributed by atoms with van der Waals surface area (Å²) in [5.74, 6) is 0.519. The Labute approximate surface area is 143 Å². The van der Waals surface area contributed by atoms with Crippen LogP contribution in [0.25, 0.3) is 11.5 Å². The molecule has 1 aliphatic rings. The molecule has 0 aromatic carbocycles. The summed E-state index contributed by atoms with van der Waals surface area (Å²) >= 11 is 0. The molecule has 0 saturated carbocycles. The molecule has 0 radical (unpaired) electrons.